The molecular formula is C33H26N2O8. The number of nitrogens with zero attached hydrogens (tertiary/aromatic N) is 1. The second-order valence-corrected chi connectivity index (χ2v) is 9.34. The Balaban J connectivity index is 1.60. The van der Waals surface area contributed by atoms with Crippen molar-refractivity contribution in [2.75, 3.05) is 13.2 Å². The Morgan fingerprint density at radius 2 is 1.28 bits per heavy atom. The molecule has 216 valence electrons. The Hall–Kier alpha value is -6.00. The van der Waals surface area contributed by atoms with Crippen LogP contribution >= 0.6 is 0 Å². The molecule has 0 aliphatic carbocycles. The summed E-state index contributed by atoms with van der Waals surface area (Å²) in [4.78, 5) is 37.8. The first-order valence-corrected chi connectivity index (χ1v) is 13.0. The van der Waals surface area contributed by atoms with Gasteiger partial charge in [0.25, 0.3) is 5.69 Å². The lowest BCUT2D eigenvalue weighted by Gasteiger charge is -2.30. The number of allylic oxidation sites excluding steroid dienone is 2. The third kappa shape index (κ3) is 7.60. The molecule has 0 atom stereocenters. The predicted molar refractivity (Wildman–Crippen MR) is 156 cm³/mol. The van der Waals surface area contributed by atoms with Gasteiger partial charge in [0.2, 0.25) is 0 Å². The molecule has 0 aromatic heterocycles. The van der Waals surface area contributed by atoms with Crippen LogP contribution in [0.1, 0.15) is 36.5 Å². The van der Waals surface area contributed by atoms with E-state index in [1.165, 1.54) is 42.5 Å². The molecule has 1 heterocycles. The number of hydrogen-bond acceptors (Lipinski definition) is 9. The number of non-ortho nitro benzene ring substituents is 1. The van der Waals surface area contributed by atoms with E-state index in [0.29, 0.717) is 28.1 Å². The van der Waals surface area contributed by atoms with E-state index in [1.807, 2.05) is 0 Å². The third-order valence-corrected chi connectivity index (χ3v) is 6.37. The third-order valence-electron chi connectivity index (χ3n) is 6.37. The van der Waals surface area contributed by atoms with Crippen molar-refractivity contribution in [1.29, 1.82) is 0 Å². The Labute approximate surface area is 247 Å². The van der Waals surface area contributed by atoms with Crippen molar-refractivity contribution in [3.63, 3.8) is 0 Å². The highest BCUT2D eigenvalue weighted by Gasteiger charge is 2.38. The molecule has 10 nitrogen and oxygen atoms in total. The number of phenolic OH excluding ortho intramolecular Hbond substituents is 2. The number of dihydropyridines is 1. The van der Waals surface area contributed by atoms with Gasteiger partial charge in [-0.25, -0.2) is 9.59 Å². The second-order valence-electron chi connectivity index (χ2n) is 9.34. The maximum atomic E-state index is 13.4. The van der Waals surface area contributed by atoms with Crippen molar-refractivity contribution in [2.45, 2.75) is 19.8 Å². The molecule has 0 spiro atoms. The summed E-state index contributed by atoms with van der Waals surface area (Å²) in [7, 11) is 0. The molecule has 0 amide bonds. The van der Waals surface area contributed by atoms with Crippen molar-refractivity contribution in [1.82, 2.24) is 5.32 Å². The number of aromatic hydroxyl groups is 2. The highest BCUT2D eigenvalue weighted by Crippen LogP contribution is 2.40. The van der Waals surface area contributed by atoms with E-state index in [-0.39, 0.29) is 41.5 Å². The summed E-state index contributed by atoms with van der Waals surface area (Å²) in [5.41, 5.74) is 2.25. The topological polar surface area (TPSA) is 148 Å². The summed E-state index contributed by atoms with van der Waals surface area (Å²) in [5.74, 6) is 8.74. The van der Waals surface area contributed by atoms with Gasteiger partial charge in [-0.05, 0) is 67.9 Å². The van der Waals surface area contributed by atoms with Gasteiger partial charge in [0.05, 0.1) is 22.0 Å². The summed E-state index contributed by atoms with van der Waals surface area (Å²) in [6, 6.07) is 18.0. The predicted octanol–water partition coefficient (Wildman–Crippen LogP) is 4.43. The quantitative estimate of drug-likeness (QED) is 0.167. The molecule has 4 rings (SSSR count). The number of ether oxygens (including phenoxy) is 2. The van der Waals surface area contributed by atoms with Crippen LogP contribution in [0.25, 0.3) is 0 Å². The van der Waals surface area contributed by atoms with Crippen molar-refractivity contribution in [3.05, 3.63) is 122 Å². The Morgan fingerprint density at radius 1 is 0.814 bits per heavy atom. The lowest BCUT2D eigenvalue weighted by atomic mass is 9.80. The zero-order valence-corrected chi connectivity index (χ0v) is 23.2. The zero-order valence-electron chi connectivity index (χ0n) is 23.2. The number of nitro benzene ring substituents is 1. The van der Waals surface area contributed by atoms with Crippen LogP contribution in [0.4, 0.5) is 5.69 Å². The molecule has 10 heteroatoms. The summed E-state index contributed by atoms with van der Waals surface area (Å²) >= 11 is 0. The number of carbonyl (C=O) groups is 2. The van der Waals surface area contributed by atoms with E-state index in [2.05, 4.69) is 29.0 Å². The van der Waals surface area contributed by atoms with Gasteiger partial charge in [-0.2, -0.15) is 0 Å². The molecule has 43 heavy (non-hydrogen) atoms. The molecule has 0 saturated carbocycles. The molecule has 1 aliphatic heterocycles. The van der Waals surface area contributed by atoms with Crippen molar-refractivity contribution >= 4 is 17.6 Å². The fourth-order valence-electron chi connectivity index (χ4n) is 4.41. The maximum Gasteiger partial charge on any atom is 0.337 e. The highest BCUT2D eigenvalue weighted by molar-refractivity contribution is 6.00. The van der Waals surface area contributed by atoms with Gasteiger partial charge >= 0.3 is 11.9 Å². The number of rotatable bonds is 6. The van der Waals surface area contributed by atoms with E-state index in [4.69, 9.17) is 9.47 Å². The van der Waals surface area contributed by atoms with E-state index < -0.39 is 22.8 Å². The first kappa shape index (κ1) is 30.0. The minimum Gasteiger partial charge on any atom is -0.508 e. The van der Waals surface area contributed by atoms with Gasteiger partial charge in [-0.1, -0.05) is 35.8 Å². The fourth-order valence-corrected chi connectivity index (χ4v) is 4.41. The molecule has 0 bridgehead atoms. The lowest BCUT2D eigenvalue weighted by Crippen LogP contribution is -2.32. The van der Waals surface area contributed by atoms with Gasteiger partial charge in [0.15, 0.2) is 13.2 Å². The minimum atomic E-state index is -1.05. The van der Waals surface area contributed by atoms with Crippen LogP contribution in [0.3, 0.4) is 0 Å². The van der Waals surface area contributed by atoms with Crippen LogP contribution in [-0.2, 0) is 19.1 Å². The van der Waals surface area contributed by atoms with E-state index in [1.54, 1.807) is 44.2 Å². The number of esters is 2. The van der Waals surface area contributed by atoms with E-state index >= 15 is 0 Å². The number of benzene rings is 3. The van der Waals surface area contributed by atoms with Crippen LogP contribution in [-0.4, -0.2) is 40.3 Å². The Kier molecular flexibility index (Phi) is 9.46. The molecule has 3 aromatic rings. The fraction of sp³-hybridized carbons (Fsp3) is 0.152. The molecule has 0 fully saturated rings. The van der Waals surface area contributed by atoms with Gasteiger partial charge < -0.3 is 25.0 Å². The van der Waals surface area contributed by atoms with E-state index in [9.17, 15) is 29.9 Å². The Morgan fingerprint density at radius 3 is 1.72 bits per heavy atom. The monoisotopic (exact) mass is 578 g/mol. The van der Waals surface area contributed by atoms with Crippen LogP contribution in [0, 0.1) is 33.8 Å². The van der Waals surface area contributed by atoms with Crippen molar-refractivity contribution < 1.29 is 34.2 Å². The first-order chi connectivity index (χ1) is 20.6. The number of hydrogen-bond donors (Lipinski definition) is 3. The summed E-state index contributed by atoms with van der Waals surface area (Å²) in [6.45, 7) is 2.73. The van der Waals surface area contributed by atoms with Gasteiger partial charge in [-0.3, -0.25) is 10.1 Å². The zero-order chi connectivity index (χ0) is 30.9. The Bertz CT molecular complexity index is 1650. The van der Waals surface area contributed by atoms with Crippen LogP contribution in [0.5, 0.6) is 11.5 Å². The van der Waals surface area contributed by atoms with Crippen molar-refractivity contribution in [2.24, 2.45) is 0 Å². The average Bonchev–Trinajstić information content (AvgIpc) is 2.98. The molecule has 0 radical (unpaired) electrons. The smallest absolute Gasteiger partial charge is 0.337 e. The number of carbonyl (C=O) groups excluding carboxylic acids is 2. The first-order valence-electron chi connectivity index (χ1n) is 13.0. The van der Waals surface area contributed by atoms with Crippen LogP contribution in [0.15, 0.2) is 95.3 Å². The summed E-state index contributed by atoms with van der Waals surface area (Å²) in [6.07, 6.45) is 0. The number of nitro groups is 1. The van der Waals surface area contributed by atoms with Gasteiger partial charge in [-0.15, -0.1) is 0 Å². The lowest BCUT2D eigenvalue weighted by molar-refractivity contribution is -0.384. The SMILES string of the molecule is CC1=C(C(=O)OCC#Cc2ccc(O)cc2)C(c2cccc([N+](=O)[O-])c2)C(C(=O)OCC#Cc2ccc(O)cc2)=C(C)N1. The summed E-state index contributed by atoms with van der Waals surface area (Å²) < 4.78 is 10.9. The molecule has 0 unspecified atom stereocenters. The molecule has 3 aromatic carbocycles. The maximum absolute atomic E-state index is 13.4. The molecular weight excluding hydrogens is 552 g/mol. The number of phenols is 2. The second kappa shape index (κ2) is 13.6. The number of nitrogens with one attached hydrogen (secondary N) is 1. The normalized spacial score (nSPS) is 12.7. The molecule has 3 N–H and O–H groups in total. The van der Waals surface area contributed by atoms with Crippen LogP contribution < -0.4 is 5.32 Å². The minimum absolute atomic E-state index is 0.0691. The van der Waals surface area contributed by atoms with Crippen molar-refractivity contribution in [3.8, 4) is 35.2 Å². The molecule has 1 aliphatic rings. The molecule has 0 saturated heterocycles. The van der Waals surface area contributed by atoms with E-state index in [0.717, 1.165) is 0 Å². The highest BCUT2D eigenvalue weighted by atomic mass is 16.6. The van der Waals surface area contributed by atoms with Gasteiger partial charge in [0, 0.05) is 34.7 Å². The van der Waals surface area contributed by atoms with Crippen LogP contribution in [0.2, 0.25) is 0 Å². The standard InChI is InChI=1S/C33H26N2O8/c1-21-29(32(38)42-18-4-6-23-10-14-27(36)15-11-23)31(25-8-3-9-26(20-25)35(40)41)30(22(2)34-21)33(39)43-19-5-7-24-12-16-28(37)17-13-24/h3,8-17,20,31,34,36-37H,18-19H2,1-2H3. The summed E-state index contributed by atoms with van der Waals surface area (Å²) in [5, 5.41) is 33.4. The largest absolute Gasteiger partial charge is 0.508 e. The average molecular weight is 579 g/mol. The van der Waals surface area contributed by atoms with Gasteiger partial charge in [0.1, 0.15) is 11.5 Å².